The Balaban J connectivity index is 1.46. The van der Waals surface area contributed by atoms with Crippen molar-refractivity contribution in [1.82, 2.24) is 14.9 Å². The monoisotopic (exact) mass is 531 g/mol. The number of aromatic nitrogens is 2. The molecule has 39 heavy (non-hydrogen) atoms. The minimum atomic E-state index is -1.73. The summed E-state index contributed by atoms with van der Waals surface area (Å²) in [6.07, 6.45) is 2.25. The molecule has 2 aromatic heterocycles. The van der Waals surface area contributed by atoms with Crippen molar-refractivity contribution < 1.29 is 24.2 Å². The zero-order chi connectivity index (χ0) is 27.4. The van der Waals surface area contributed by atoms with Gasteiger partial charge in [0.2, 0.25) is 5.91 Å². The number of aryl methyl sites for hydroxylation is 1. The number of ketones is 1. The number of hydrogen-bond donors (Lipinski definition) is 3. The number of hydrogen-bond acceptors (Lipinski definition) is 6. The minimum Gasteiger partial charge on any atom is -0.392 e. The van der Waals surface area contributed by atoms with Gasteiger partial charge in [0.1, 0.15) is 11.4 Å². The predicted octanol–water partition coefficient (Wildman–Crippen LogP) is 2.86. The second-order valence-electron chi connectivity index (χ2n) is 11.5. The molecule has 0 radical (unpaired) electrons. The number of carbonyl (C=O) groups excluding carboxylic acids is 2. The zero-order valence-electron chi connectivity index (χ0n) is 21.9. The Bertz CT molecular complexity index is 1690. The number of Topliss-reactive ketones (excluding diaryl/α,β-unsaturated/α-hetero) is 1. The number of aliphatic hydroxyl groups is 2. The number of aliphatic hydroxyl groups excluding tert-OH is 1. The fourth-order valence-electron chi connectivity index (χ4n) is 7.15. The predicted molar refractivity (Wildman–Crippen MR) is 141 cm³/mol. The van der Waals surface area contributed by atoms with Gasteiger partial charge in [-0.25, -0.2) is 9.37 Å². The van der Waals surface area contributed by atoms with E-state index in [9.17, 15) is 24.6 Å². The quantitative estimate of drug-likeness (QED) is 0.374. The van der Waals surface area contributed by atoms with Gasteiger partial charge in [0.25, 0.3) is 5.56 Å². The average molecular weight is 532 g/mol. The van der Waals surface area contributed by atoms with Crippen molar-refractivity contribution in [2.45, 2.75) is 83.1 Å². The van der Waals surface area contributed by atoms with E-state index in [1.54, 1.807) is 24.5 Å². The van der Waals surface area contributed by atoms with Crippen LogP contribution in [0, 0.1) is 18.7 Å². The Morgan fingerprint density at radius 3 is 2.64 bits per heavy atom. The molecule has 3 N–H and O–H groups in total. The van der Waals surface area contributed by atoms with Crippen LogP contribution in [-0.2, 0) is 34.6 Å². The van der Waals surface area contributed by atoms with Gasteiger partial charge in [-0.15, -0.1) is 0 Å². The van der Waals surface area contributed by atoms with Crippen LogP contribution in [0.4, 0.5) is 4.39 Å². The number of nitrogens with one attached hydrogen (secondary N) is 1. The third kappa shape index (κ3) is 3.23. The van der Waals surface area contributed by atoms with Crippen LogP contribution in [0.3, 0.4) is 0 Å². The van der Waals surface area contributed by atoms with Gasteiger partial charge in [-0.05, 0) is 68.2 Å². The summed E-state index contributed by atoms with van der Waals surface area (Å²) in [6, 6.07) is 2.74. The van der Waals surface area contributed by atoms with E-state index >= 15 is 4.39 Å². The Labute approximate surface area is 223 Å². The van der Waals surface area contributed by atoms with Crippen LogP contribution < -0.4 is 10.9 Å². The molecule has 0 saturated heterocycles. The average Bonchev–Trinajstić information content (AvgIpc) is 3.28. The number of pyridine rings is 2. The van der Waals surface area contributed by atoms with E-state index in [-0.39, 0.29) is 54.9 Å². The Morgan fingerprint density at radius 2 is 1.95 bits per heavy atom. The highest BCUT2D eigenvalue weighted by atomic mass is 19.1. The Hall–Kier alpha value is -3.43. The summed E-state index contributed by atoms with van der Waals surface area (Å²) in [5.41, 5.74) is 3.28. The lowest BCUT2D eigenvalue weighted by molar-refractivity contribution is -0.140. The van der Waals surface area contributed by atoms with Gasteiger partial charge < -0.3 is 20.1 Å². The fraction of sp³-hybridized carbons (Fsp3) is 0.467. The van der Waals surface area contributed by atoms with Crippen molar-refractivity contribution >= 4 is 22.6 Å². The van der Waals surface area contributed by atoms with E-state index in [1.165, 1.54) is 6.07 Å². The van der Waals surface area contributed by atoms with Gasteiger partial charge in [0.05, 0.1) is 41.5 Å². The molecule has 2 unspecified atom stereocenters. The van der Waals surface area contributed by atoms with Gasteiger partial charge >= 0.3 is 0 Å². The zero-order valence-corrected chi connectivity index (χ0v) is 21.9. The number of amides is 1. The van der Waals surface area contributed by atoms with Crippen molar-refractivity contribution in [3.05, 3.63) is 61.7 Å². The van der Waals surface area contributed by atoms with Crippen molar-refractivity contribution in [2.24, 2.45) is 5.92 Å². The van der Waals surface area contributed by atoms with Gasteiger partial charge in [-0.2, -0.15) is 0 Å². The maximum atomic E-state index is 15.0. The number of fused-ring (bicyclic) bond motifs is 5. The molecule has 8 nitrogen and oxygen atoms in total. The number of carbonyl (C=O) groups is 2. The lowest BCUT2D eigenvalue weighted by atomic mass is 9.76. The van der Waals surface area contributed by atoms with Crippen LogP contribution in [0.15, 0.2) is 16.9 Å². The molecule has 1 fully saturated rings. The highest BCUT2D eigenvalue weighted by molar-refractivity contribution is 5.94. The van der Waals surface area contributed by atoms with E-state index in [0.717, 1.165) is 22.1 Å². The Kier molecular flexibility index (Phi) is 5.23. The normalized spacial score (nSPS) is 26.6. The molecule has 7 rings (SSSR count). The molecule has 1 amide bonds. The summed E-state index contributed by atoms with van der Waals surface area (Å²) >= 11 is 0. The number of halogens is 1. The molecule has 1 aliphatic heterocycles. The maximum absolute atomic E-state index is 15.0. The molecule has 1 saturated carbocycles. The molecule has 0 bridgehead atoms. The molecule has 9 heteroatoms. The van der Waals surface area contributed by atoms with Gasteiger partial charge in [0.15, 0.2) is 5.78 Å². The smallest absolute Gasteiger partial charge is 0.254 e. The molecule has 4 aliphatic rings. The third-order valence-corrected chi connectivity index (χ3v) is 9.65. The molecule has 202 valence electrons. The summed E-state index contributed by atoms with van der Waals surface area (Å²) in [7, 11) is 0. The van der Waals surface area contributed by atoms with Crippen molar-refractivity contribution in [3.63, 3.8) is 0 Å². The second-order valence-corrected chi connectivity index (χ2v) is 11.5. The maximum Gasteiger partial charge on any atom is 0.254 e. The lowest BCUT2D eigenvalue weighted by Crippen LogP contribution is -2.45. The van der Waals surface area contributed by atoms with E-state index in [2.05, 4.69) is 5.32 Å². The summed E-state index contributed by atoms with van der Waals surface area (Å²) < 4.78 is 16.7. The minimum absolute atomic E-state index is 0.106. The highest BCUT2D eigenvalue weighted by Crippen LogP contribution is 2.46. The van der Waals surface area contributed by atoms with Gasteiger partial charge in [0, 0.05) is 34.6 Å². The van der Waals surface area contributed by atoms with Crippen LogP contribution >= 0.6 is 0 Å². The summed E-state index contributed by atoms with van der Waals surface area (Å²) in [6.45, 7) is 3.71. The van der Waals surface area contributed by atoms with E-state index < -0.39 is 17.6 Å². The van der Waals surface area contributed by atoms with Crippen LogP contribution in [0.1, 0.15) is 78.5 Å². The van der Waals surface area contributed by atoms with E-state index in [1.807, 2.05) is 0 Å². The molecule has 3 heterocycles. The topological polar surface area (TPSA) is 122 Å². The van der Waals surface area contributed by atoms with Crippen LogP contribution in [0.2, 0.25) is 0 Å². The standard InChI is InChI=1S/C30H30FN3O5/c1-3-30(39)18-10-22-27-17(12-34(22)29(38)15(18)6-9-24(30)36)26-20(33-28(37)16-5-8-23(16)35)7-4-14-13(2)19(31)11-21(32-27)25(14)26/h10-11,16,20,23,35,39H,3-9,12H2,1-2H3,(H,33,37)/t16?,20-,23?,30-/m0/s1. The third-order valence-electron chi connectivity index (χ3n) is 9.65. The largest absolute Gasteiger partial charge is 0.392 e. The molecule has 1 aromatic carbocycles. The van der Waals surface area contributed by atoms with Crippen LogP contribution in [-0.4, -0.2) is 37.6 Å². The molecule has 3 aromatic rings. The van der Waals surface area contributed by atoms with Gasteiger partial charge in [-0.3, -0.25) is 14.4 Å². The van der Waals surface area contributed by atoms with Gasteiger partial charge in [-0.1, -0.05) is 6.92 Å². The summed E-state index contributed by atoms with van der Waals surface area (Å²) in [5.74, 6) is -1.30. The molecule has 4 atom stereocenters. The lowest BCUT2D eigenvalue weighted by Gasteiger charge is -2.35. The van der Waals surface area contributed by atoms with E-state index in [4.69, 9.17) is 4.98 Å². The van der Waals surface area contributed by atoms with Crippen LogP contribution in [0.5, 0.6) is 0 Å². The first-order valence-electron chi connectivity index (χ1n) is 13.8. The number of rotatable bonds is 3. The first kappa shape index (κ1) is 24.6. The molecular formula is C30H30FN3O5. The SMILES string of the molecule is CC[C@@]1(O)C(=O)CCc2c1cc1n(c2=O)Cc2c-1nc1cc(F)c(C)c3c1c2[C@@H](NC(=O)C1CCC1O)CC3. The number of benzene rings is 1. The fourth-order valence-corrected chi connectivity index (χ4v) is 7.15. The molecule has 0 spiro atoms. The summed E-state index contributed by atoms with van der Waals surface area (Å²) in [5, 5.41) is 25.3. The first-order valence-corrected chi connectivity index (χ1v) is 13.8. The highest BCUT2D eigenvalue weighted by Gasteiger charge is 2.44. The molecular weight excluding hydrogens is 501 g/mol. The Morgan fingerprint density at radius 1 is 1.15 bits per heavy atom. The van der Waals surface area contributed by atoms with Crippen molar-refractivity contribution in [3.8, 4) is 11.4 Å². The first-order chi connectivity index (χ1) is 18.6. The van der Waals surface area contributed by atoms with E-state index in [0.29, 0.717) is 59.3 Å². The van der Waals surface area contributed by atoms with Crippen LogP contribution in [0.25, 0.3) is 22.3 Å². The molecule has 3 aliphatic carbocycles. The van der Waals surface area contributed by atoms with Crippen molar-refractivity contribution in [2.75, 3.05) is 0 Å². The summed E-state index contributed by atoms with van der Waals surface area (Å²) in [4.78, 5) is 44.4. The van der Waals surface area contributed by atoms with Crippen molar-refractivity contribution in [1.29, 1.82) is 0 Å². The second kappa shape index (κ2) is 8.29. The number of nitrogens with zero attached hydrogens (tertiary/aromatic N) is 2.